The minimum atomic E-state index is -0.869. The van der Waals surface area contributed by atoms with E-state index in [1.807, 2.05) is 0 Å². The number of ether oxygens (including phenoxy) is 1. The van der Waals surface area contributed by atoms with E-state index in [1.165, 1.54) is 13.2 Å². The molecule has 0 heterocycles. The maximum absolute atomic E-state index is 11.6. The SMILES string of the molecule is COc1ccc(Cl)c(NC(=O)C(=O)NCC(N)=S)c1. The number of thiocarbonyl (C=S) groups is 1. The van der Waals surface area contributed by atoms with Gasteiger partial charge >= 0.3 is 11.8 Å². The molecular weight excluding hydrogens is 290 g/mol. The van der Waals surface area contributed by atoms with E-state index >= 15 is 0 Å². The lowest BCUT2D eigenvalue weighted by Crippen LogP contribution is -2.39. The van der Waals surface area contributed by atoms with Gasteiger partial charge in [-0.05, 0) is 12.1 Å². The van der Waals surface area contributed by atoms with Crippen molar-refractivity contribution < 1.29 is 14.3 Å². The molecule has 0 aromatic heterocycles. The number of hydrogen-bond acceptors (Lipinski definition) is 4. The molecule has 0 aliphatic rings. The molecule has 0 unspecified atom stereocenters. The first-order valence-corrected chi connectivity index (χ1v) is 5.93. The third kappa shape index (κ3) is 4.72. The van der Waals surface area contributed by atoms with Crippen molar-refractivity contribution in [2.75, 3.05) is 19.0 Å². The van der Waals surface area contributed by atoms with Gasteiger partial charge in [-0.1, -0.05) is 23.8 Å². The lowest BCUT2D eigenvalue weighted by Gasteiger charge is -2.09. The van der Waals surface area contributed by atoms with E-state index in [-0.39, 0.29) is 22.2 Å². The Hall–Kier alpha value is -1.86. The summed E-state index contributed by atoms with van der Waals surface area (Å²) in [6, 6.07) is 4.68. The van der Waals surface area contributed by atoms with Crippen molar-refractivity contribution in [1.29, 1.82) is 0 Å². The molecule has 0 bridgehead atoms. The highest BCUT2D eigenvalue weighted by molar-refractivity contribution is 7.80. The molecule has 6 nitrogen and oxygen atoms in total. The predicted molar refractivity (Wildman–Crippen MR) is 76.4 cm³/mol. The maximum atomic E-state index is 11.6. The number of anilines is 1. The zero-order valence-corrected chi connectivity index (χ0v) is 11.6. The first kappa shape index (κ1) is 15.2. The highest BCUT2D eigenvalue weighted by Gasteiger charge is 2.15. The Kier molecular flexibility index (Phi) is 5.53. The number of carbonyl (C=O) groups is 2. The Morgan fingerprint density at radius 1 is 1.42 bits per heavy atom. The Labute approximate surface area is 120 Å². The second kappa shape index (κ2) is 6.91. The Balaban J connectivity index is 2.71. The average molecular weight is 302 g/mol. The van der Waals surface area contributed by atoms with Gasteiger partial charge in [0, 0.05) is 6.07 Å². The van der Waals surface area contributed by atoms with Crippen LogP contribution in [-0.2, 0) is 9.59 Å². The number of rotatable bonds is 4. The van der Waals surface area contributed by atoms with Gasteiger partial charge in [0.25, 0.3) is 0 Å². The zero-order valence-electron chi connectivity index (χ0n) is 10.0. The fourth-order valence-electron chi connectivity index (χ4n) is 1.15. The number of carbonyl (C=O) groups excluding carboxylic acids is 2. The fourth-order valence-corrected chi connectivity index (χ4v) is 1.39. The van der Waals surface area contributed by atoms with Crippen molar-refractivity contribution in [3.63, 3.8) is 0 Å². The van der Waals surface area contributed by atoms with Gasteiger partial charge in [0.15, 0.2) is 0 Å². The van der Waals surface area contributed by atoms with Crippen molar-refractivity contribution >= 4 is 46.3 Å². The fraction of sp³-hybridized carbons (Fsp3) is 0.182. The first-order valence-electron chi connectivity index (χ1n) is 5.15. The van der Waals surface area contributed by atoms with Crippen LogP contribution in [0.3, 0.4) is 0 Å². The van der Waals surface area contributed by atoms with Gasteiger partial charge in [-0.25, -0.2) is 0 Å². The molecule has 0 saturated carbocycles. The number of benzene rings is 1. The topological polar surface area (TPSA) is 93.4 Å². The Morgan fingerprint density at radius 3 is 2.68 bits per heavy atom. The van der Waals surface area contributed by atoms with Gasteiger partial charge < -0.3 is 21.1 Å². The molecule has 0 aliphatic carbocycles. The van der Waals surface area contributed by atoms with E-state index in [9.17, 15) is 9.59 Å². The van der Waals surface area contributed by atoms with Gasteiger partial charge in [0.1, 0.15) is 5.75 Å². The highest BCUT2D eigenvalue weighted by Crippen LogP contribution is 2.26. The van der Waals surface area contributed by atoms with Crippen LogP contribution in [-0.4, -0.2) is 30.5 Å². The zero-order chi connectivity index (χ0) is 14.4. The van der Waals surface area contributed by atoms with Gasteiger partial charge in [-0.15, -0.1) is 0 Å². The van der Waals surface area contributed by atoms with Crippen molar-refractivity contribution in [2.45, 2.75) is 0 Å². The van der Waals surface area contributed by atoms with Crippen LogP contribution >= 0.6 is 23.8 Å². The van der Waals surface area contributed by atoms with E-state index in [4.69, 9.17) is 22.1 Å². The van der Waals surface area contributed by atoms with Crippen molar-refractivity contribution in [1.82, 2.24) is 5.32 Å². The summed E-state index contributed by atoms with van der Waals surface area (Å²) in [5.41, 5.74) is 5.48. The van der Waals surface area contributed by atoms with E-state index in [1.54, 1.807) is 12.1 Å². The number of hydrogen-bond donors (Lipinski definition) is 3. The summed E-state index contributed by atoms with van der Waals surface area (Å²) in [6.45, 7) is -0.0482. The van der Waals surface area contributed by atoms with Gasteiger partial charge in [0.05, 0.1) is 29.4 Å². The standard InChI is InChI=1S/C11H12ClN3O3S/c1-18-6-2-3-7(12)8(4-6)15-11(17)10(16)14-5-9(13)19/h2-4H,5H2,1H3,(H2,13,19)(H,14,16)(H,15,17). The van der Waals surface area contributed by atoms with E-state index in [0.29, 0.717) is 5.75 Å². The summed E-state index contributed by atoms with van der Waals surface area (Å²) in [5, 5.41) is 4.91. The molecule has 102 valence electrons. The lowest BCUT2D eigenvalue weighted by atomic mass is 10.3. The summed E-state index contributed by atoms with van der Waals surface area (Å²) in [6.07, 6.45) is 0. The molecule has 19 heavy (non-hydrogen) atoms. The van der Waals surface area contributed by atoms with Crippen LogP contribution in [0.2, 0.25) is 5.02 Å². The quantitative estimate of drug-likeness (QED) is 0.562. The molecule has 1 rings (SSSR count). The van der Waals surface area contributed by atoms with Crippen molar-refractivity contribution in [2.24, 2.45) is 5.73 Å². The van der Waals surface area contributed by atoms with Crippen molar-refractivity contribution in [3.8, 4) is 5.75 Å². The molecule has 0 aliphatic heterocycles. The first-order chi connectivity index (χ1) is 8.93. The van der Waals surface area contributed by atoms with Crippen LogP contribution in [0.1, 0.15) is 0 Å². The van der Waals surface area contributed by atoms with Crippen LogP contribution < -0.4 is 21.1 Å². The number of nitrogens with one attached hydrogen (secondary N) is 2. The molecule has 0 fully saturated rings. The summed E-state index contributed by atoms with van der Waals surface area (Å²) in [4.78, 5) is 23.1. The minimum Gasteiger partial charge on any atom is -0.497 e. The third-order valence-electron chi connectivity index (χ3n) is 2.05. The van der Waals surface area contributed by atoms with Gasteiger partial charge in [-0.3, -0.25) is 9.59 Å². The molecule has 1 aromatic carbocycles. The number of amides is 2. The van der Waals surface area contributed by atoms with Crippen LogP contribution in [0.4, 0.5) is 5.69 Å². The van der Waals surface area contributed by atoms with Gasteiger partial charge in [0.2, 0.25) is 0 Å². The number of methoxy groups -OCH3 is 1. The molecule has 0 spiro atoms. The highest BCUT2D eigenvalue weighted by atomic mass is 35.5. The molecular formula is C11H12ClN3O3S. The molecule has 4 N–H and O–H groups in total. The normalized spacial score (nSPS) is 9.58. The van der Waals surface area contributed by atoms with Crippen LogP contribution in [0.25, 0.3) is 0 Å². The van der Waals surface area contributed by atoms with E-state index < -0.39 is 11.8 Å². The molecule has 1 aromatic rings. The molecule has 0 atom stereocenters. The number of nitrogens with two attached hydrogens (primary N) is 1. The molecule has 2 amide bonds. The van der Waals surface area contributed by atoms with Gasteiger partial charge in [-0.2, -0.15) is 0 Å². The lowest BCUT2D eigenvalue weighted by molar-refractivity contribution is -0.135. The Morgan fingerprint density at radius 2 is 2.11 bits per heavy atom. The summed E-state index contributed by atoms with van der Waals surface area (Å²) in [7, 11) is 1.48. The second-order valence-corrected chi connectivity index (χ2v) is 4.38. The second-order valence-electron chi connectivity index (χ2n) is 3.45. The van der Waals surface area contributed by atoms with Crippen LogP contribution in [0.5, 0.6) is 5.75 Å². The maximum Gasteiger partial charge on any atom is 0.313 e. The van der Waals surface area contributed by atoms with E-state index in [2.05, 4.69) is 22.9 Å². The summed E-state index contributed by atoms with van der Waals surface area (Å²) >= 11 is 10.5. The average Bonchev–Trinajstić information content (AvgIpc) is 2.38. The van der Waals surface area contributed by atoms with E-state index in [0.717, 1.165) is 0 Å². The minimum absolute atomic E-state index is 0.0482. The third-order valence-corrected chi connectivity index (χ3v) is 2.53. The smallest absolute Gasteiger partial charge is 0.313 e. The monoisotopic (exact) mass is 301 g/mol. The molecule has 8 heteroatoms. The van der Waals surface area contributed by atoms with Crippen LogP contribution in [0, 0.1) is 0 Å². The predicted octanol–water partition coefficient (Wildman–Crippen LogP) is 0.689. The molecule has 0 saturated heterocycles. The number of halogens is 1. The largest absolute Gasteiger partial charge is 0.497 e. The molecule has 0 radical (unpaired) electrons. The summed E-state index contributed by atoms with van der Waals surface area (Å²) in [5.74, 6) is -1.22. The van der Waals surface area contributed by atoms with Crippen LogP contribution in [0.15, 0.2) is 18.2 Å². The Bertz CT molecular complexity index is 522. The van der Waals surface area contributed by atoms with Crippen molar-refractivity contribution in [3.05, 3.63) is 23.2 Å². The summed E-state index contributed by atoms with van der Waals surface area (Å²) < 4.78 is 4.99.